The highest BCUT2D eigenvalue weighted by Crippen LogP contribution is 2.28. The maximum absolute atomic E-state index is 12.1. The van der Waals surface area contributed by atoms with Gasteiger partial charge in [-0.25, -0.2) is 19.7 Å². The van der Waals surface area contributed by atoms with Crippen LogP contribution in [-0.4, -0.2) is 71.6 Å². The first-order valence-corrected chi connectivity index (χ1v) is 11.2. The number of pyridine rings is 1. The summed E-state index contributed by atoms with van der Waals surface area (Å²) in [6.45, 7) is 9.71. The van der Waals surface area contributed by atoms with Gasteiger partial charge in [0.2, 0.25) is 11.8 Å². The summed E-state index contributed by atoms with van der Waals surface area (Å²) in [6, 6.07) is 1.87. The van der Waals surface area contributed by atoms with E-state index in [-0.39, 0.29) is 18.3 Å². The molecule has 3 rings (SSSR count). The number of likely N-dealkylation sites (tertiary alicyclic amines) is 1. The molecule has 2 aromatic rings. The first-order valence-electron chi connectivity index (χ1n) is 11.2. The molecule has 0 aromatic carbocycles. The molecule has 0 spiro atoms. The number of anilines is 2. The summed E-state index contributed by atoms with van der Waals surface area (Å²) in [5, 5.41) is 3.31. The molecule has 0 bridgehead atoms. The van der Waals surface area contributed by atoms with Gasteiger partial charge in [0, 0.05) is 39.1 Å². The van der Waals surface area contributed by atoms with Crippen molar-refractivity contribution in [2.45, 2.75) is 52.7 Å². The molecular formula is C23H33N5O5. The molecular weight excluding hydrogens is 426 g/mol. The Kier molecular flexibility index (Phi) is 8.65. The summed E-state index contributed by atoms with van der Waals surface area (Å²) in [4.78, 5) is 26.8. The second kappa shape index (κ2) is 11.6. The summed E-state index contributed by atoms with van der Waals surface area (Å²) in [6.07, 6.45) is 4.20. The zero-order valence-electron chi connectivity index (χ0n) is 20.0. The molecule has 1 fully saturated rings. The van der Waals surface area contributed by atoms with Crippen LogP contribution < -0.4 is 14.8 Å². The van der Waals surface area contributed by atoms with E-state index in [1.54, 1.807) is 18.2 Å². The van der Waals surface area contributed by atoms with Gasteiger partial charge in [-0.1, -0.05) is 0 Å². The smallest absolute Gasteiger partial charge is 0.410 e. The average Bonchev–Trinajstić information content (AvgIpc) is 2.78. The molecule has 1 amide bonds. The van der Waals surface area contributed by atoms with Crippen molar-refractivity contribution < 1.29 is 23.7 Å². The number of nitrogens with one attached hydrogen (secondary N) is 1. The lowest BCUT2D eigenvalue weighted by Crippen LogP contribution is -2.42. The van der Waals surface area contributed by atoms with Crippen molar-refractivity contribution >= 4 is 17.6 Å². The SMILES string of the molecule is COCCOc1cc(C)c(Nc2ncnc(OC3CCN(C(=O)OC(C)C)CC3)c2C)cn1. The number of aryl methyl sites for hydroxylation is 1. The molecule has 1 saturated heterocycles. The predicted molar refractivity (Wildman–Crippen MR) is 123 cm³/mol. The molecule has 1 aliphatic rings. The third-order valence-electron chi connectivity index (χ3n) is 5.23. The summed E-state index contributed by atoms with van der Waals surface area (Å²) in [5.41, 5.74) is 2.59. The third-order valence-corrected chi connectivity index (χ3v) is 5.23. The maximum atomic E-state index is 12.1. The number of carbonyl (C=O) groups is 1. The van der Waals surface area contributed by atoms with E-state index in [9.17, 15) is 4.79 Å². The zero-order valence-corrected chi connectivity index (χ0v) is 20.0. The minimum absolute atomic E-state index is 0.0264. The van der Waals surface area contributed by atoms with Crippen LogP contribution in [0.1, 0.15) is 37.8 Å². The molecule has 2 aromatic heterocycles. The maximum Gasteiger partial charge on any atom is 0.410 e. The number of hydrogen-bond donors (Lipinski definition) is 1. The highest BCUT2D eigenvalue weighted by molar-refractivity contribution is 5.68. The van der Waals surface area contributed by atoms with Gasteiger partial charge >= 0.3 is 6.09 Å². The lowest BCUT2D eigenvalue weighted by molar-refractivity contribution is 0.0505. The molecule has 180 valence electrons. The fourth-order valence-corrected chi connectivity index (χ4v) is 3.37. The van der Waals surface area contributed by atoms with Crippen molar-refractivity contribution in [3.63, 3.8) is 0 Å². The van der Waals surface area contributed by atoms with Crippen LogP contribution in [0.3, 0.4) is 0 Å². The Hall–Kier alpha value is -3.14. The number of methoxy groups -OCH3 is 1. The number of rotatable bonds is 9. The van der Waals surface area contributed by atoms with Crippen LogP contribution in [0.15, 0.2) is 18.6 Å². The monoisotopic (exact) mass is 459 g/mol. The summed E-state index contributed by atoms with van der Waals surface area (Å²) in [7, 11) is 1.63. The Balaban J connectivity index is 1.59. The Morgan fingerprint density at radius 2 is 1.94 bits per heavy atom. The Bertz CT molecular complexity index is 931. The summed E-state index contributed by atoms with van der Waals surface area (Å²) >= 11 is 0. The minimum Gasteiger partial charge on any atom is -0.475 e. The minimum atomic E-state index is -0.271. The summed E-state index contributed by atoms with van der Waals surface area (Å²) < 4.78 is 22.0. The van der Waals surface area contributed by atoms with Gasteiger partial charge in [-0.2, -0.15) is 0 Å². The fourth-order valence-electron chi connectivity index (χ4n) is 3.37. The van der Waals surface area contributed by atoms with Crippen molar-refractivity contribution in [2.24, 2.45) is 0 Å². The van der Waals surface area contributed by atoms with Crippen LogP contribution in [0.5, 0.6) is 11.8 Å². The molecule has 10 heteroatoms. The van der Waals surface area contributed by atoms with Gasteiger partial charge in [0.05, 0.1) is 30.2 Å². The number of aromatic nitrogens is 3. The third kappa shape index (κ3) is 6.92. The molecule has 10 nitrogen and oxygen atoms in total. The van der Waals surface area contributed by atoms with E-state index < -0.39 is 0 Å². The second-order valence-corrected chi connectivity index (χ2v) is 8.19. The molecule has 1 N–H and O–H groups in total. The number of piperidine rings is 1. The summed E-state index contributed by atoms with van der Waals surface area (Å²) in [5.74, 6) is 1.72. The Labute approximate surface area is 194 Å². The van der Waals surface area contributed by atoms with E-state index in [0.29, 0.717) is 56.7 Å². The number of carbonyl (C=O) groups excluding carboxylic acids is 1. The number of nitrogens with zero attached hydrogens (tertiary/aromatic N) is 4. The van der Waals surface area contributed by atoms with Crippen molar-refractivity contribution in [1.82, 2.24) is 19.9 Å². The highest BCUT2D eigenvalue weighted by Gasteiger charge is 2.26. The van der Waals surface area contributed by atoms with Gasteiger partial charge in [0.1, 0.15) is 24.9 Å². The molecule has 3 heterocycles. The first-order chi connectivity index (χ1) is 15.9. The Morgan fingerprint density at radius 3 is 2.61 bits per heavy atom. The van der Waals surface area contributed by atoms with E-state index >= 15 is 0 Å². The Morgan fingerprint density at radius 1 is 1.18 bits per heavy atom. The predicted octanol–water partition coefficient (Wildman–Crippen LogP) is 3.65. The van der Waals surface area contributed by atoms with Crippen LogP contribution in [0, 0.1) is 13.8 Å². The van der Waals surface area contributed by atoms with Crippen LogP contribution in [0.4, 0.5) is 16.3 Å². The van der Waals surface area contributed by atoms with Gasteiger partial charge in [0.25, 0.3) is 0 Å². The quantitative estimate of drug-likeness (QED) is 0.562. The standard InChI is InChI=1S/C23H33N5O5/c1-15(2)32-23(29)28-8-6-18(7-9-28)33-22-17(4)21(25-14-26-22)27-19-13-24-20(12-16(19)3)31-11-10-30-5/h12-15,18H,6-11H2,1-5H3,(H,25,26,27). The molecule has 0 radical (unpaired) electrons. The van der Waals surface area contributed by atoms with Gasteiger partial charge in [-0.3, -0.25) is 0 Å². The average molecular weight is 460 g/mol. The molecule has 1 aliphatic heterocycles. The van der Waals surface area contributed by atoms with E-state index in [1.807, 2.05) is 33.8 Å². The molecule has 0 saturated carbocycles. The lowest BCUT2D eigenvalue weighted by Gasteiger charge is -2.32. The highest BCUT2D eigenvalue weighted by atomic mass is 16.6. The largest absolute Gasteiger partial charge is 0.475 e. The fraction of sp³-hybridized carbons (Fsp3) is 0.565. The molecule has 33 heavy (non-hydrogen) atoms. The number of hydrogen-bond acceptors (Lipinski definition) is 9. The van der Waals surface area contributed by atoms with E-state index in [2.05, 4.69) is 20.3 Å². The van der Waals surface area contributed by atoms with Gasteiger partial charge in [-0.15, -0.1) is 0 Å². The lowest BCUT2D eigenvalue weighted by atomic mass is 10.1. The number of ether oxygens (including phenoxy) is 4. The van der Waals surface area contributed by atoms with Crippen LogP contribution in [-0.2, 0) is 9.47 Å². The first kappa shape index (κ1) is 24.5. The second-order valence-electron chi connectivity index (χ2n) is 8.19. The molecule has 0 atom stereocenters. The zero-order chi connectivity index (χ0) is 23.8. The van der Waals surface area contributed by atoms with E-state index in [4.69, 9.17) is 18.9 Å². The van der Waals surface area contributed by atoms with Gasteiger partial charge in [0.15, 0.2) is 0 Å². The molecule has 0 aliphatic carbocycles. The normalized spacial score (nSPS) is 14.3. The number of amides is 1. The van der Waals surface area contributed by atoms with Gasteiger partial charge < -0.3 is 29.2 Å². The van der Waals surface area contributed by atoms with E-state index in [1.165, 1.54) is 6.33 Å². The van der Waals surface area contributed by atoms with Crippen LogP contribution in [0.2, 0.25) is 0 Å². The van der Waals surface area contributed by atoms with Crippen molar-refractivity contribution in [1.29, 1.82) is 0 Å². The topological polar surface area (TPSA) is 108 Å². The van der Waals surface area contributed by atoms with Crippen LogP contribution >= 0.6 is 0 Å². The van der Waals surface area contributed by atoms with Crippen molar-refractivity contribution in [3.8, 4) is 11.8 Å². The van der Waals surface area contributed by atoms with Gasteiger partial charge in [-0.05, 0) is 33.3 Å². The van der Waals surface area contributed by atoms with Crippen molar-refractivity contribution in [2.75, 3.05) is 38.7 Å². The van der Waals surface area contributed by atoms with Crippen molar-refractivity contribution in [3.05, 3.63) is 29.7 Å². The molecule has 0 unspecified atom stereocenters. The van der Waals surface area contributed by atoms with Crippen LogP contribution in [0.25, 0.3) is 0 Å². The van der Waals surface area contributed by atoms with E-state index in [0.717, 1.165) is 16.8 Å².